The van der Waals surface area contributed by atoms with Crippen molar-refractivity contribution in [2.24, 2.45) is 0 Å². The highest BCUT2D eigenvalue weighted by molar-refractivity contribution is 5.96. The first-order valence-corrected chi connectivity index (χ1v) is 9.22. The molecule has 1 aromatic carbocycles. The predicted molar refractivity (Wildman–Crippen MR) is 99.9 cm³/mol. The van der Waals surface area contributed by atoms with E-state index in [1.54, 1.807) is 24.3 Å². The van der Waals surface area contributed by atoms with Gasteiger partial charge < -0.3 is 14.5 Å². The molecule has 0 radical (unpaired) electrons. The number of aromatic nitrogens is 2. The number of nitrogens with zero attached hydrogens (tertiary/aromatic N) is 4. The molecule has 1 saturated carbocycles. The molecule has 1 amide bonds. The maximum Gasteiger partial charge on any atom is 0.337 e. The largest absolute Gasteiger partial charge is 0.465 e. The van der Waals surface area contributed by atoms with E-state index >= 15 is 0 Å². The molecule has 1 aromatic heterocycles. The van der Waals surface area contributed by atoms with E-state index < -0.39 is 5.97 Å². The molecule has 0 atom stereocenters. The van der Waals surface area contributed by atoms with Gasteiger partial charge in [-0.1, -0.05) is 0 Å². The topological polar surface area (TPSA) is 75.6 Å². The molecule has 1 aliphatic carbocycles. The number of anilines is 1. The maximum absolute atomic E-state index is 12.7. The molecule has 0 spiro atoms. The summed E-state index contributed by atoms with van der Waals surface area (Å²) in [7, 11) is 1.34. The van der Waals surface area contributed by atoms with Gasteiger partial charge in [-0.25, -0.2) is 4.79 Å². The fourth-order valence-electron chi connectivity index (χ4n) is 3.29. The Bertz CT molecular complexity index is 823. The zero-order valence-corrected chi connectivity index (χ0v) is 15.3. The number of esters is 1. The van der Waals surface area contributed by atoms with Gasteiger partial charge in [-0.05, 0) is 49.2 Å². The monoisotopic (exact) mass is 366 g/mol. The van der Waals surface area contributed by atoms with Crippen molar-refractivity contribution in [3.8, 4) is 0 Å². The zero-order chi connectivity index (χ0) is 18.8. The normalized spacial score (nSPS) is 16.9. The number of methoxy groups -OCH3 is 1. The molecular weight excluding hydrogens is 344 g/mol. The quantitative estimate of drug-likeness (QED) is 0.772. The second-order valence-corrected chi connectivity index (χ2v) is 6.94. The van der Waals surface area contributed by atoms with Gasteiger partial charge in [0.1, 0.15) is 0 Å². The Morgan fingerprint density at radius 3 is 2.15 bits per heavy atom. The van der Waals surface area contributed by atoms with Crippen molar-refractivity contribution < 1.29 is 14.3 Å². The molecule has 2 fully saturated rings. The maximum atomic E-state index is 12.7. The lowest BCUT2D eigenvalue weighted by Crippen LogP contribution is -2.49. The molecule has 2 aromatic rings. The van der Waals surface area contributed by atoms with Crippen molar-refractivity contribution in [1.82, 2.24) is 15.1 Å². The minimum absolute atomic E-state index is 0.0266. The van der Waals surface area contributed by atoms with Crippen LogP contribution in [0.5, 0.6) is 0 Å². The van der Waals surface area contributed by atoms with Gasteiger partial charge >= 0.3 is 5.97 Å². The fourth-order valence-corrected chi connectivity index (χ4v) is 3.29. The second kappa shape index (κ2) is 7.34. The van der Waals surface area contributed by atoms with Crippen LogP contribution in [0.15, 0.2) is 36.4 Å². The van der Waals surface area contributed by atoms with Crippen LogP contribution < -0.4 is 4.90 Å². The summed E-state index contributed by atoms with van der Waals surface area (Å²) in [4.78, 5) is 28.2. The van der Waals surface area contributed by atoms with E-state index in [2.05, 4.69) is 25.9 Å². The van der Waals surface area contributed by atoms with Crippen LogP contribution in [-0.2, 0) is 4.74 Å². The third-order valence-electron chi connectivity index (χ3n) is 5.11. The summed E-state index contributed by atoms with van der Waals surface area (Å²) < 4.78 is 4.68. The smallest absolute Gasteiger partial charge is 0.337 e. The number of piperazine rings is 1. The lowest BCUT2D eigenvalue weighted by Gasteiger charge is -2.35. The van der Waals surface area contributed by atoms with Gasteiger partial charge in [-0.15, -0.1) is 5.10 Å². The van der Waals surface area contributed by atoms with E-state index in [0.29, 0.717) is 30.1 Å². The number of carbonyl (C=O) groups is 2. The Labute approximate surface area is 157 Å². The minimum Gasteiger partial charge on any atom is -0.465 e. The highest BCUT2D eigenvalue weighted by Crippen LogP contribution is 2.38. The summed E-state index contributed by atoms with van der Waals surface area (Å²) in [6, 6.07) is 10.7. The Kier molecular flexibility index (Phi) is 4.75. The molecule has 7 heteroatoms. The van der Waals surface area contributed by atoms with Crippen molar-refractivity contribution in [3.63, 3.8) is 0 Å². The third-order valence-corrected chi connectivity index (χ3v) is 5.11. The van der Waals surface area contributed by atoms with Crippen molar-refractivity contribution in [1.29, 1.82) is 0 Å². The van der Waals surface area contributed by atoms with E-state index in [-0.39, 0.29) is 5.91 Å². The lowest BCUT2D eigenvalue weighted by atomic mass is 10.1. The molecule has 2 aliphatic rings. The molecule has 4 rings (SSSR count). The summed E-state index contributed by atoms with van der Waals surface area (Å²) in [5.41, 5.74) is 2.10. The van der Waals surface area contributed by atoms with E-state index in [1.807, 2.05) is 11.0 Å². The van der Waals surface area contributed by atoms with Gasteiger partial charge in [0.2, 0.25) is 0 Å². The van der Waals surface area contributed by atoms with Gasteiger partial charge in [0.25, 0.3) is 5.91 Å². The van der Waals surface area contributed by atoms with Crippen LogP contribution >= 0.6 is 0 Å². The number of ether oxygens (including phenoxy) is 1. The molecule has 0 N–H and O–H groups in total. The first kappa shape index (κ1) is 17.5. The van der Waals surface area contributed by atoms with Gasteiger partial charge in [0.15, 0.2) is 5.82 Å². The molecule has 2 heterocycles. The number of carbonyl (C=O) groups excluding carboxylic acids is 2. The molecule has 0 unspecified atom stereocenters. The van der Waals surface area contributed by atoms with Crippen molar-refractivity contribution in [2.75, 3.05) is 38.2 Å². The van der Waals surface area contributed by atoms with Gasteiger partial charge in [-0.2, -0.15) is 5.10 Å². The number of amides is 1. The van der Waals surface area contributed by atoms with E-state index in [9.17, 15) is 9.59 Å². The fraction of sp³-hybridized carbons (Fsp3) is 0.400. The molecule has 140 valence electrons. The van der Waals surface area contributed by atoms with Crippen molar-refractivity contribution in [2.45, 2.75) is 18.8 Å². The Morgan fingerprint density at radius 1 is 0.926 bits per heavy atom. The highest BCUT2D eigenvalue weighted by atomic mass is 16.5. The zero-order valence-electron chi connectivity index (χ0n) is 15.3. The number of benzene rings is 1. The van der Waals surface area contributed by atoms with Crippen LogP contribution in [0.3, 0.4) is 0 Å². The van der Waals surface area contributed by atoms with Crippen molar-refractivity contribution in [3.05, 3.63) is 53.2 Å². The Balaban J connectivity index is 1.35. The molecular formula is C20H22N4O3. The van der Waals surface area contributed by atoms with Gasteiger partial charge in [-0.3, -0.25) is 4.79 Å². The van der Waals surface area contributed by atoms with Gasteiger partial charge in [0.05, 0.1) is 18.4 Å². The van der Waals surface area contributed by atoms with Gasteiger partial charge in [0, 0.05) is 37.7 Å². The number of hydrogen-bond donors (Lipinski definition) is 0. The number of rotatable bonds is 4. The third kappa shape index (κ3) is 3.77. The first-order valence-electron chi connectivity index (χ1n) is 9.22. The molecule has 7 nitrogen and oxygen atoms in total. The van der Waals surface area contributed by atoms with E-state index in [4.69, 9.17) is 0 Å². The van der Waals surface area contributed by atoms with Crippen LogP contribution in [0.1, 0.15) is 45.2 Å². The average molecular weight is 366 g/mol. The lowest BCUT2D eigenvalue weighted by molar-refractivity contribution is 0.0599. The standard InChI is InChI=1S/C20H22N4O3/c1-27-20(26)16-6-4-15(5-7-16)19(25)24-12-10-23(11-13-24)18-9-8-17(21-22-18)14-2-3-14/h4-9,14H,2-3,10-13H2,1H3. The highest BCUT2D eigenvalue weighted by Gasteiger charge is 2.26. The average Bonchev–Trinajstić information content (AvgIpc) is 3.58. The predicted octanol–water partition coefficient (Wildman–Crippen LogP) is 2.10. The second-order valence-electron chi connectivity index (χ2n) is 6.94. The van der Waals surface area contributed by atoms with Crippen LogP contribution in [0.4, 0.5) is 5.82 Å². The van der Waals surface area contributed by atoms with E-state index in [1.165, 1.54) is 20.0 Å². The minimum atomic E-state index is -0.406. The summed E-state index contributed by atoms with van der Waals surface area (Å²) in [5.74, 6) is 1.04. The SMILES string of the molecule is COC(=O)c1ccc(C(=O)N2CCN(c3ccc(C4CC4)nn3)CC2)cc1. The van der Waals surface area contributed by atoms with Crippen molar-refractivity contribution >= 4 is 17.7 Å². The van der Waals surface area contributed by atoms with Crippen LogP contribution in [0.25, 0.3) is 0 Å². The molecule has 27 heavy (non-hydrogen) atoms. The number of hydrogen-bond acceptors (Lipinski definition) is 6. The Morgan fingerprint density at radius 2 is 1.59 bits per heavy atom. The summed E-state index contributed by atoms with van der Waals surface area (Å²) in [6.07, 6.45) is 2.44. The van der Waals surface area contributed by atoms with E-state index in [0.717, 1.165) is 24.6 Å². The summed E-state index contributed by atoms with van der Waals surface area (Å²) in [6.45, 7) is 2.71. The molecule has 0 bridgehead atoms. The first-order chi connectivity index (χ1) is 13.2. The molecule has 1 aliphatic heterocycles. The Hall–Kier alpha value is -2.96. The van der Waals surface area contributed by atoms with Crippen LogP contribution in [0.2, 0.25) is 0 Å². The van der Waals surface area contributed by atoms with Crippen LogP contribution in [-0.4, -0.2) is 60.3 Å². The molecule has 1 saturated heterocycles. The van der Waals surface area contributed by atoms with Crippen LogP contribution in [0, 0.1) is 0 Å². The summed E-state index contributed by atoms with van der Waals surface area (Å²) in [5, 5.41) is 8.69. The summed E-state index contributed by atoms with van der Waals surface area (Å²) >= 11 is 0.